The predicted octanol–water partition coefficient (Wildman–Crippen LogP) is 4.93. The van der Waals surface area contributed by atoms with Crippen molar-refractivity contribution in [3.8, 4) is 0 Å². The van der Waals surface area contributed by atoms with E-state index in [0.29, 0.717) is 17.1 Å². The molecule has 2 aromatic rings. The molecule has 3 rings (SSSR count). The Morgan fingerprint density at radius 3 is 2.54 bits per heavy atom. The minimum absolute atomic E-state index is 0.0845. The average Bonchev–Trinajstić information content (AvgIpc) is 2.54. The van der Waals surface area contributed by atoms with E-state index in [1.807, 2.05) is 0 Å². The van der Waals surface area contributed by atoms with Gasteiger partial charge in [0.05, 0.1) is 17.4 Å². The van der Waals surface area contributed by atoms with Crippen LogP contribution in [0.15, 0.2) is 30.5 Å². The summed E-state index contributed by atoms with van der Waals surface area (Å²) in [6.07, 6.45) is 0.706. The van der Waals surface area contributed by atoms with Gasteiger partial charge < -0.3 is 5.32 Å². The fourth-order valence-corrected chi connectivity index (χ4v) is 3.09. The van der Waals surface area contributed by atoms with Gasteiger partial charge in [-0.25, -0.2) is 0 Å². The summed E-state index contributed by atoms with van der Waals surface area (Å²) >= 11 is 0. The smallest absolute Gasteiger partial charge is 0.354 e. The molecule has 0 saturated heterocycles. The summed E-state index contributed by atoms with van der Waals surface area (Å²) in [4.78, 5) is 16.0. The summed E-state index contributed by atoms with van der Waals surface area (Å²) in [5.41, 5.74) is 2.71. The molecule has 0 unspecified atom stereocenters. The van der Waals surface area contributed by atoms with E-state index in [9.17, 15) is 18.0 Å². The van der Waals surface area contributed by atoms with Gasteiger partial charge in [-0.05, 0) is 55.0 Å². The van der Waals surface area contributed by atoms with Gasteiger partial charge in [-0.3, -0.25) is 9.78 Å². The van der Waals surface area contributed by atoms with Crippen molar-refractivity contribution in [2.24, 2.45) is 0 Å². The summed E-state index contributed by atoms with van der Waals surface area (Å²) in [5.74, 6) is -0.0845. The maximum Gasteiger partial charge on any atom is 0.416 e. The molecule has 1 aromatic carbocycles. The second kappa shape index (κ2) is 6.26. The highest BCUT2D eigenvalue weighted by Crippen LogP contribution is 2.34. The number of carbonyl (C=O) groups excluding carboxylic acids is 1. The molecule has 6 heteroatoms. The molecule has 0 fully saturated rings. The number of hydrogen-bond donors (Lipinski definition) is 1. The van der Waals surface area contributed by atoms with Crippen LogP contribution in [0.1, 0.15) is 46.9 Å². The minimum atomic E-state index is -4.38. The number of pyridine rings is 1. The first-order valence-corrected chi connectivity index (χ1v) is 7.82. The number of anilines is 2. The first kappa shape index (κ1) is 16.5. The summed E-state index contributed by atoms with van der Waals surface area (Å²) < 4.78 is 38.5. The van der Waals surface area contributed by atoms with E-state index in [1.165, 1.54) is 13.0 Å². The molecular weight excluding hydrogens is 317 g/mol. The third-order valence-electron chi connectivity index (χ3n) is 4.20. The van der Waals surface area contributed by atoms with Gasteiger partial charge in [0.1, 0.15) is 5.69 Å². The topological polar surface area (TPSA) is 42.0 Å². The number of carbonyl (C=O) groups is 1. The third kappa shape index (κ3) is 3.27. The Bertz CT molecular complexity index is 784. The Hall–Kier alpha value is -2.37. The molecule has 0 aliphatic heterocycles. The molecule has 0 radical (unpaired) electrons. The number of fused-ring (bicyclic) bond motifs is 1. The van der Waals surface area contributed by atoms with Crippen molar-refractivity contribution in [2.45, 2.75) is 38.8 Å². The molecule has 0 atom stereocenters. The van der Waals surface area contributed by atoms with Gasteiger partial charge in [0, 0.05) is 12.6 Å². The maximum atomic E-state index is 12.8. The molecule has 0 bridgehead atoms. The summed E-state index contributed by atoms with van der Waals surface area (Å²) in [5, 5.41) is 3.04. The molecule has 1 heterocycles. The number of halogens is 3. The normalized spacial score (nSPS) is 14.2. The fourth-order valence-electron chi connectivity index (χ4n) is 3.09. The fraction of sp³-hybridized carbons (Fsp3) is 0.333. The van der Waals surface area contributed by atoms with Crippen LogP contribution < -0.4 is 5.32 Å². The second-order valence-corrected chi connectivity index (χ2v) is 5.94. The Balaban J connectivity index is 1.98. The van der Waals surface area contributed by atoms with E-state index in [-0.39, 0.29) is 5.78 Å². The van der Waals surface area contributed by atoms with Crippen LogP contribution >= 0.6 is 0 Å². The lowest BCUT2D eigenvalue weighted by Crippen LogP contribution is -2.13. The number of nitrogens with one attached hydrogen (secondary N) is 1. The number of ketones is 1. The molecule has 0 saturated carbocycles. The number of hydrogen-bond acceptors (Lipinski definition) is 3. The van der Waals surface area contributed by atoms with Gasteiger partial charge in [-0.15, -0.1) is 0 Å². The number of Topliss-reactive ketones (excluding diaryl/α,β-unsaturated/α-hetero) is 1. The molecule has 1 aliphatic rings. The molecule has 1 aromatic heterocycles. The van der Waals surface area contributed by atoms with Gasteiger partial charge in [0.25, 0.3) is 0 Å². The first-order chi connectivity index (χ1) is 11.4. The zero-order valence-corrected chi connectivity index (χ0v) is 13.2. The average molecular weight is 334 g/mol. The van der Waals surface area contributed by atoms with Crippen LogP contribution in [0.3, 0.4) is 0 Å². The molecule has 1 N–H and O–H groups in total. The number of benzene rings is 1. The van der Waals surface area contributed by atoms with E-state index in [4.69, 9.17) is 0 Å². The first-order valence-electron chi connectivity index (χ1n) is 7.82. The van der Waals surface area contributed by atoms with Crippen LogP contribution in [0.2, 0.25) is 0 Å². The van der Waals surface area contributed by atoms with Crippen molar-refractivity contribution < 1.29 is 18.0 Å². The van der Waals surface area contributed by atoms with Gasteiger partial charge in [-0.2, -0.15) is 13.2 Å². The second-order valence-electron chi connectivity index (χ2n) is 5.94. The lowest BCUT2D eigenvalue weighted by Gasteiger charge is -2.22. The molecule has 0 spiro atoms. The van der Waals surface area contributed by atoms with E-state index in [0.717, 1.165) is 48.9 Å². The summed E-state index contributed by atoms with van der Waals surface area (Å²) in [6.45, 7) is 1.48. The molecule has 24 heavy (non-hydrogen) atoms. The minimum Gasteiger partial charge on any atom is -0.354 e. The van der Waals surface area contributed by atoms with Crippen molar-refractivity contribution in [1.29, 1.82) is 0 Å². The molecular formula is C18H17F3N2O. The Kier molecular flexibility index (Phi) is 4.30. The van der Waals surface area contributed by atoms with Crippen molar-refractivity contribution in [3.63, 3.8) is 0 Å². The molecule has 0 amide bonds. The lowest BCUT2D eigenvalue weighted by molar-refractivity contribution is -0.137. The number of rotatable bonds is 3. The zero-order valence-electron chi connectivity index (χ0n) is 13.2. The van der Waals surface area contributed by atoms with Crippen molar-refractivity contribution >= 4 is 17.2 Å². The molecule has 1 aliphatic carbocycles. The van der Waals surface area contributed by atoms with E-state index in [1.54, 1.807) is 12.3 Å². The van der Waals surface area contributed by atoms with Gasteiger partial charge >= 0.3 is 6.18 Å². The summed E-state index contributed by atoms with van der Waals surface area (Å²) in [7, 11) is 0. The van der Waals surface area contributed by atoms with Gasteiger partial charge in [0.15, 0.2) is 5.78 Å². The highest BCUT2D eigenvalue weighted by Gasteiger charge is 2.30. The zero-order chi connectivity index (χ0) is 17.3. The van der Waals surface area contributed by atoms with Gasteiger partial charge in [-0.1, -0.05) is 6.07 Å². The number of alkyl halides is 3. The van der Waals surface area contributed by atoms with Crippen molar-refractivity contribution in [1.82, 2.24) is 4.98 Å². The van der Waals surface area contributed by atoms with Crippen LogP contribution in [0.4, 0.5) is 24.5 Å². The standard InChI is InChI=1S/C18H17F3N2O/c1-11(24)17-15-8-3-2-7-14(15)16(10-22-17)23-13-6-4-5-12(9-13)18(19,20)21/h4-6,9-10,23H,2-3,7-8H2,1H3. The van der Waals surface area contributed by atoms with Crippen LogP contribution in [-0.2, 0) is 19.0 Å². The molecule has 3 nitrogen and oxygen atoms in total. The SMILES string of the molecule is CC(=O)c1ncc(Nc2cccc(C(F)(F)F)c2)c2c1CCCC2. The third-order valence-corrected chi connectivity index (χ3v) is 4.20. The summed E-state index contributed by atoms with van der Waals surface area (Å²) in [6, 6.07) is 5.07. The van der Waals surface area contributed by atoms with Crippen LogP contribution in [-0.4, -0.2) is 10.8 Å². The highest BCUT2D eigenvalue weighted by atomic mass is 19.4. The largest absolute Gasteiger partial charge is 0.416 e. The Morgan fingerprint density at radius 2 is 1.88 bits per heavy atom. The van der Waals surface area contributed by atoms with E-state index < -0.39 is 11.7 Å². The van der Waals surface area contributed by atoms with E-state index >= 15 is 0 Å². The molecule has 126 valence electrons. The van der Waals surface area contributed by atoms with Crippen LogP contribution in [0, 0.1) is 0 Å². The lowest BCUT2D eigenvalue weighted by atomic mass is 9.89. The quantitative estimate of drug-likeness (QED) is 0.810. The van der Waals surface area contributed by atoms with E-state index in [2.05, 4.69) is 10.3 Å². The number of nitrogens with zero attached hydrogens (tertiary/aromatic N) is 1. The highest BCUT2D eigenvalue weighted by molar-refractivity contribution is 5.94. The van der Waals surface area contributed by atoms with Crippen LogP contribution in [0.5, 0.6) is 0 Å². The Morgan fingerprint density at radius 1 is 1.17 bits per heavy atom. The van der Waals surface area contributed by atoms with Gasteiger partial charge in [0.2, 0.25) is 0 Å². The van der Waals surface area contributed by atoms with Crippen molar-refractivity contribution in [2.75, 3.05) is 5.32 Å². The predicted molar refractivity (Wildman–Crippen MR) is 85.6 cm³/mol. The monoisotopic (exact) mass is 334 g/mol. The number of aromatic nitrogens is 1. The van der Waals surface area contributed by atoms with Crippen molar-refractivity contribution in [3.05, 3.63) is 52.8 Å². The Labute approximate surface area is 137 Å². The van der Waals surface area contributed by atoms with Crippen LogP contribution in [0.25, 0.3) is 0 Å². The maximum absolute atomic E-state index is 12.8.